The fraction of sp³-hybridized carbons (Fsp3) is 0.571. The minimum atomic E-state index is -2.65. The van der Waals surface area contributed by atoms with E-state index in [4.69, 9.17) is 0 Å². The van der Waals surface area contributed by atoms with Crippen LogP contribution in [0, 0.1) is 0 Å². The fourth-order valence-electron chi connectivity index (χ4n) is 2.72. The van der Waals surface area contributed by atoms with Crippen LogP contribution in [-0.2, 0) is 37.4 Å². The first kappa shape index (κ1) is 16.3. The smallest absolute Gasteiger partial charge is 0.333 e. The van der Waals surface area contributed by atoms with Gasteiger partial charge in [0.25, 0.3) is 6.43 Å². The highest BCUT2D eigenvalue weighted by molar-refractivity contribution is 5.78. The molecule has 0 N–H and O–H groups in total. The standard InChI is InChI=1S/C14H18F2N6O2/c1-2-20-7-10(6-17-20)5-13(23)19-3-4-21-12(9-19)18-22(14(21)24)8-11(15)16/h6-7,11H,2-5,8-9H2,1H3. The Balaban J connectivity index is 1.70. The van der Waals surface area contributed by atoms with E-state index in [-0.39, 0.29) is 25.4 Å². The molecule has 0 atom stereocenters. The van der Waals surface area contributed by atoms with Gasteiger partial charge in [-0.2, -0.15) is 10.2 Å². The van der Waals surface area contributed by atoms with Crippen molar-refractivity contribution in [3.63, 3.8) is 0 Å². The zero-order chi connectivity index (χ0) is 17.3. The molecule has 0 saturated heterocycles. The summed E-state index contributed by atoms with van der Waals surface area (Å²) in [4.78, 5) is 25.9. The molecular formula is C14H18F2N6O2. The molecule has 0 aliphatic carbocycles. The third kappa shape index (κ3) is 3.22. The van der Waals surface area contributed by atoms with Crippen LogP contribution in [0.25, 0.3) is 0 Å². The van der Waals surface area contributed by atoms with E-state index in [2.05, 4.69) is 10.2 Å². The maximum atomic E-state index is 12.5. The Morgan fingerprint density at radius 3 is 2.83 bits per heavy atom. The Morgan fingerprint density at radius 1 is 1.38 bits per heavy atom. The molecule has 0 spiro atoms. The minimum absolute atomic E-state index is 0.104. The third-order valence-corrected chi connectivity index (χ3v) is 3.95. The molecule has 0 aromatic carbocycles. The van der Waals surface area contributed by atoms with E-state index in [0.29, 0.717) is 12.4 Å². The molecule has 3 rings (SSSR count). The van der Waals surface area contributed by atoms with Crippen LogP contribution in [0.3, 0.4) is 0 Å². The number of halogens is 2. The molecule has 130 valence electrons. The summed E-state index contributed by atoms with van der Waals surface area (Å²) in [5.74, 6) is 0.234. The molecule has 1 aliphatic heterocycles. The molecule has 0 fully saturated rings. The lowest BCUT2D eigenvalue weighted by atomic mass is 10.2. The van der Waals surface area contributed by atoms with Crippen molar-refractivity contribution in [3.8, 4) is 0 Å². The van der Waals surface area contributed by atoms with Gasteiger partial charge in [-0.1, -0.05) is 0 Å². The number of carbonyl (C=O) groups excluding carboxylic acids is 1. The number of aromatic nitrogens is 5. The number of alkyl halides is 2. The predicted octanol–water partition coefficient (Wildman–Crippen LogP) is 0.111. The van der Waals surface area contributed by atoms with Crippen LogP contribution >= 0.6 is 0 Å². The summed E-state index contributed by atoms with van der Waals surface area (Å²) in [6, 6.07) is 0. The zero-order valence-corrected chi connectivity index (χ0v) is 13.2. The third-order valence-electron chi connectivity index (χ3n) is 3.95. The number of amides is 1. The van der Waals surface area contributed by atoms with E-state index in [0.717, 1.165) is 16.8 Å². The van der Waals surface area contributed by atoms with Gasteiger partial charge >= 0.3 is 5.69 Å². The quantitative estimate of drug-likeness (QED) is 0.774. The highest BCUT2D eigenvalue weighted by Gasteiger charge is 2.25. The number of carbonyl (C=O) groups is 1. The van der Waals surface area contributed by atoms with Crippen LogP contribution in [0.2, 0.25) is 0 Å². The maximum Gasteiger partial charge on any atom is 0.346 e. The zero-order valence-electron chi connectivity index (χ0n) is 13.2. The molecule has 24 heavy (non-hydrogen) atoms. The summed E-state index contributed by atoms with van der Waals surface area (Å²) < 4.78 is 28.8. The first-order valence-electron chi connectivity index (χ1n) is 7.71. The van der Waals surface area contributed by atoms with Crippen molar-refractivity contribution in [2.24, 2.45) is 0 Å². The first-order chi connectivity index (χ1) is 11.5. The molecule has 10 heteroatoms. The van der Waals surface area contributed by atoms with Gasteiger partial charge in [0.15, 0.2) is 5.82 Å². The number of rotatable bonds is 5. The van der Waals surface area contributed by atoms with Crippen LogP contribution in [0.1, 0.15) is 18.3 Å². The van der Waals surface area contributed by atoms with Gasteiger partial charge in [-0.05, 0) is 12.5 Å². The van der Waals surface area contributed by atoms with Gasteiger partial charge in [-0.15, -0.1) is 0 Å². The molecule has 8 nitrogen and oxygen atoms in total. The predicted molar refractivity (Wildman–Crippen MR) is 79.5 cm³/mol. The lowest BCUT2D eigenvalue weighted by Crippen LogP contribution is -2.41. The Bertz CT molecular complexity index is 794. The molecule has 1 aliphatic rings. The lowest BCUT2D eigenvalue weighted by molar-refractivity contribution is -0.132. The topological polar surface area (TPSA) is 78.0 Å². The monoisotopic (exact) mass is 340 g/mol. The van der Waals surface area contributed by atoms with Crippen LogP contribution in [0.5, 0.6) is 0 Å². The first-order valence-corrected chi connectivity index (χ1v) is 7.71. The Kier molecular flexibility index (Phi) is 4.45. The summed E-state index contributed by atoms with van der Waals surface area (Å²) in [7, 11) is 0. The van der Waals surface area contributed by atoms with E-state index in [9.17, 15) is 18.4 Å². The van der Waals surface area contributed by atoms with Crippen molar-refractivity contribution in [2.75, 3.05) is 6.54 Å². The van der Waals surface area contributed by atoms with Crippen LogP contribution < -0.4 is 5.69 Å². The molecule has 0 radical (unpaired) electrons. The second-order valence-electron chi connectivity index (χ2n) is 5.62. The van der Waals surface area contributed by atoms with Gasteiger partial charge in [0.05, 0.1) is 19.2 Å². The van der Waals surface area contributed by atoms with E-state index < -0.39 is 18.7 Å². The molecule has 0 bridgehead atoms. The van der Waals surface area contributed by atoms with Gasteiger partial charge in [-0.25, -0.2) is 18.3 Å². The van der Waals surface area contributed by atoms with Crippen molar-refractivity contribution >= 4 is 5.91 Å². The number of fused-ring (bicyclic) bond motifs is 1. The molecular weight excluding hydrogens is 322 g/mol. The SMILES string of the molecule is CCn1cc(CC(=O)N2CCn3c(nn(CC(F)F)c3=O)C2)cn1. The second-order valence-corrected chi connectivity index (χ2v) is 5.62. The van der Waals surface area contributed by atoms with Gasteiger partial charge in [0, 0.05) is 25.8 Å². The van der Waals surface area contributed by atoms with Crippen LogP contribution in [-0.4, -0.2) is 47.9 Å². The molecule has 0 unspecified atom stereocenters. The highest BCUT2D eigenvalue weighted by Crippen LogP contribution is 2.11. The van der Waals surface area contributed by atoms with Crippen LogP contribution in [0.4, 0.5) is 8.78 Å². The molecule has 0 saturated carbocycles. The number of hydrogen-bond acceptors (Lipinski definition) is 4. The van der Waals surface area contributed by atoms with Crippen molar-refractivity contribution in [3.05, 3.63) is 34.3 Å². The Morgan fingerprint density at radius 2 is 2.17 bits per heavy atom. The Labute approximate surface area is 136 Å². The number of nitrogens with zero attached hydrogens (tertiary/aromatic N) is 6. The summed E-state index contributed by atoms with van der Waals surface area (Å²) in [6.45, 7) is 2.71. The molecule has 2 aromatic rings. The largest absolute Gasteiger partial charge is 0.346 e. The van der Waals surface area contributed by atoms with Gasteiger partial charge in [0.2, 0.25) is 5.91 Å². The Hall–Kier alpha value is -2.52. The van der Waals surface area contributed by atoms with E-state index >= 15 is 0 Å². The summed E-state index contributed by atoms with van der Waals surface area (Å²) in [5, 5.41) is 8.05. The molecule has 1 amide bonds. The van der Waals surface area contributed by atoms with E-state index in [1.807, 2.05) is 13.1 Å². The minimum Gasteiger partial charge on any atom is -0.333 e. The van der Waals surface area contributed by atoms with Crippen LogP contribution in [0.15, 0.2) is 17.2 Å². The van der Waals surface area contributed by atoms with E-state index in [1.165, 1.54) is 4.57 Å². The van der Waals surface area contributed by atoms with E-state index in [1.54, 1.807) is 15.8 Å². The molecule has 3 heterocycles. The second kappa shape index (κ2) is 6.54. The lowest BCUT2D eigenvalue weighted by Gasteiger charge is -2.26. The fourth-order valence-corrected chi connectivity index (χ4v) is 2.72. The van der Waals surface area contributed by atoms with Gasteiger partial charge in [-0.3, -0.25) is 14.0 Å². The summed E-state index contributed by atoms with van der Waals surface area (Å²) in [5.41, 5.74) is 0.259. The number of aryl methyl sites for hydroxylation is 1. The highest BCUT2D eigenvalue weighted by atomic mass is 19.3. The normalized spacial score (nSPS) is 14.2. The van der Waals surface area contributed by atoms with Gasteiger partial charge in [0.1, 0.15) is 6.54 Å². The van der Waals surface area contributed by atoms with Crippen molar-refractivity contribution in [1.82, 2.24) is 29.0 Å². The van der Waals surface area contributed by atoms with Crippen molar-refractivity contribution in [2.45, 2.75) is 45.9 Å². The average molecular weight is 340 g/mol. The number of hydrogen-bond donors (Lipinski definition) is 0. The average Bonchev–Trinajstić information content (AvgIpc) is 3.11. The van der Waals surface area contributed by atoms with Crippen molar-refractivity contribution < 1.29 is 13.6 Å². The molecule has 2 aromatic heterocycles. The summed E-state index contributed by atoms with van der Waals surface area (Å²) in [6.07, 6.45) is 1.03. The van der Waals surface area contributed by atoms with Crippen molar-refractivity contribution in [1.29, 1.82) is 0 Å². The van der Waals surface area contributed by atoms with Gasteiger partial charge < -0.3 is 4.90 Å². The maximum absolute atomic E-state index is 12.5. The summed E-state index contributed by atoms with van der Waals surface area (Å²) >= 11 is 0.